The minimum absolute atomic E-state index is 0.0350. The topological polar surface area (TPSA) is 64.6 Å². The molecule has 0 saturated heterocycles. The molecule has 6 heteroatoms. The standard InChI is InChI=1S/C24H23NO4S/c1-14-4-6-21(28-3)18(10-14)16-5-7-22-19(11-16)20(8-9-29-22)25-24(27)17-12-23(15(2)26)30-13-17/h4-7,10-13,20H,8-9H2,1-3H3,(H,25,27). The maximum absolute atomic E-state index is 12.8. The van der Waals surface area contributed by atoms with Crippen LogP contribution in [-0.2, 0) is 0 Å². The van der Waals surface area contributed by atoms with Crippen LogP contribution in [0.5, 0.6) is 11.5 Å². The number of carbonyl (C=O) groups is 2. The molecule has 1 aliphatic heterocycles. The molecule has 0 radical (unpaired) electrons. The lowest BCUT2D eigenvalue weighted by Gasteiger charge is -2.27. The summed E-state index contributed by atoms with van der Waals surface area (Å²) in [6.07, 6.45) is 0.677. The molecule has 3 aromatic rings. The first-order valence-electron chi connectivity index (χ1n) is 9.78. The highest BCUT2D eigenvalue weighted by atomic mass is 32.1. The molecule has 1 aromatic heterocycles. The minimum Gasteiger partial charge on any atom is -0.496 e. The first-order valence-corrected chi connectivity index (χ1v) is 10.7. The summed E-state index contributed by atoms with van der Waals surface area (Å²) in [5, 5.41) is 4.83. The molecule has 2 aromatic carbocycles. The van der Waals surface area contributed by atoms with Crippen molar-refractivity contribution in [2.45, 2.75) is 26.3 Å². The van der Waals surface area contributed by atoms with E-state index in [9.17, 15) is 9.59 Å². The van der Waals surface area contributed by atoms with E-state index >= 15 is 0 Å². The fraction of sp³-hybridized carbons (Fsp3) is 0.250. The largest absolute Gasteiger partial charge is 0.496 e. The van der Waals surface area contributed by atoms with Crippen molar-refractivity contribution < 1.29 is 19.1 Å². The number of hydrogen-bond acceptors (Lipinski definition) is 5. The summed E-state index contributed by atoms with van der Waals surface area (Å²) in [6, 6.07) is 13.6. The molecule has 2 heterocycles. The van der Waals surface area contributed by atoms with Crippen LogP contribution in [0.1, 0.15) is 50.5 Å². The third kappa shape index (κ3) is 3.96. The van der Waals surface area contributed by atoms with Crippen molar-refractivity contribution in [1.82, 2.24) is 5.32 Å². The fourth-order valence-electron chi connectivity index (χ4n) is 3.64. The molecule has 5 nitrogen and oxygen atoms in total. The Morgan fingerprint density at radius 2 is 2.00 bits per heavy atom. The Balaban J connectivity index is 1.65. The monoisotopic (exact) mass is 421 g/mol. The molecular weight excluding hydrogens is 398 g/mol. The second-order valence-corrected chi connectivity index (χ2v) is 8.29. The number of ketones is 1. The van der Waals surface area contributed by atoms with Crippen molar-refractivity contribution in [3.8, 4) is 22.6 Å². The SMILES string of the molecule is COc1ccc(C)cc1-c1ccc2c(c1)C(NC(=O)c1csc(C(C)=O)c1)CCO2. The third-order valence-electron chi connectivity index (χ3n) is 5.23. The van der Waals surface area contributed by atoms with Crippen LogP contribution in [0.3, 0.4) is 0 Å². The van der Waals surface area contributed by atoms with Crippen molar-refractivity contribution in [3.05, 3.63) is 69.4 Å². The van der Waals surface area contributed by atoms with Gasteiger partial charge >= 0.3 is 0 Å². The number of Topliss-reactive ketones (excluding diaryl/α,β-unsaturated/α-hetero) is 1. The maximum Gasteiger partial charge on any atom is 0.252 e. The summed E-state index contributed by atoms with van der Waals surface area (Å²) < 4.78 is 11.4. The van der Waals surface area contributed by atoms with Gasteiger partial charge in [0, 0.05) is 22.9 Å². The zero-order chi connectivity index (χ0) is 21.3. The quantitative estimate of drug-likeness (QED) is 0.576. The molecule has 0 saturated carbocycles. The highest BCUT2D eigenvalue weighted by Gasteiger charge is 2.25. The molecule has 4 rings (SSSR count). The fourth-order valence-corrected chi connectivity index (χ4v) is 4.43. The summed E-state index contributed by atoms with van der Waals surface area (Å²) in [5.41, 5.74) is 4.60. The minimum atomic E-state index is -0.185. The van der Waals surface area contributed by atoms with Gasteiger partial charge in [-0.2, -0.15) is 0 Å². The van der Waals surface area contributed by atoms with Gasteiger partial charge in [0.05, 0.1) is 30.2 Å². The van der Waals surface area contributed by atoms with E-state index in [1.165, 1.54) is 18.3 Å². The van der Waals surface area contributed by atoms with E-state index in [4.69, 9.17) is 9.47 Å². The summed E-state index contributed by atoms with van der Waals surface area (Å²) in [7, 11) is 1.66. The Morgan fingerprint density at radius 1 is 1.17 bits per heavy atom. The van der Waals surface area contributed by atoms with Crippen molar-refractivity contribution >= 4 is 23.0 Å². The van der Waals surface area contributed by atoms with Crippen LogP contribution >= 0.6 is 11.3 Å². The summed E-state index contributed by atoms with van der Waals surface area (Å²) in [5.74, 6) is 1.35. The normalized spacial score (nSPS) is 15.1. The van der Waals surface area contributed by atoms with Crippen molar-refractivity contribution in [2.24, 2.45) is 0 Å². The molecule has 1 unspecified atom stereocenters. The van der Waals surface area contributed by atoms with E-state index in [0.29, 0.717) is 23.5 Å². The van der Waals surface area contributed by atoms with Gasteiger partial charge in [-0.3, -0.25) is 9.59 Å². The third-order valence-corrected chi connectivity index (χ3v) is 6.26. The van der Waals surface area contributed by atoms with Crippen LogP contribution in [0.25, 0.3) is 11.1 Å². The average Bonchev–Trinajstić information content (AvgIpc) is 3.24. The number of aryl methyl sites for hydroxylation is 1. The van der Waals surface area contributed by atoms with Crippen LogP contribution in [0, 0.1) is 6.92 Å². The van der Waals surface area contributed by atoms with Gasteiger partial charge < -0.3 is 14.8 Å². The second kappa shape index (κ2) is 8.32. The molecule has 0 fully saturated rings. The van der Waals surface area contributed by atoms with Gasteiger partial charge in [0.25, 0.3) is 5.91 Å². The van der Waals surface area contributed by atoms with Crippen LogP contribution in [0.2, 0.25) is 0 Å². The number of methoxy groups -OCH3 is 1. The molecule has 1 N–H and O–H groups in total. The number of fused-ring (bicyclic) bond motifs is 1. The van der Waals surface area contributed by atoms with Crippen molar-refractivity contribution in [2.75, 3.05) is 13.7 Å². The molecule has 0 spiro atoms. The first-order chi connectivity index (χ1) is 14.5. The van der Waals surface area contributed by atoms with Gasteiger partial charge in [0.1, 0.15) is 11.5 Å². The lowest BCUT2D eigenvalue weighted by Crippen LogP contribution is -2.32. The maximum atomic E-state index is 12.8. The molecule has 0 aliphatic carbocycles. The van der Waals surface area contributed by atoms with Gasteiger partial charge in [0.15, 0.2) is 5.78 Å². The highest BCUT2D eigenvalue weighted by molar-refractivity contribution is 7.12. The van der Waals surface area contributed by atoms with Crippen LogP contribution in [-0.4, -0.2) is 25.4 Å². The Bertz CT molecular complexity index is 1120. The zero-order valence-corrected chi connectivity index (χ0v) is 18.0. The van der Waals surface area contributed by atoms with E-state index in [1.807, 2.05) is 31.2 Å². The molecule has 1 aliphatic rings. The number of amides is 1. The lowest BCUT2D eigenvalue weighted by molar-refractivity contribution is 0.0925. The average molecular weight is 422 g/mol. The van der Waals surface area contributed by atoms with Gasteiger partial charge in [-0.05, 0) is 49.7 Å². The zero-order valence-electron chi connectivity index (χ0n) is 17.2. The molecule has 1 atom stereocenters. The van der Waals surface area contributed by atoms with Crippen LogP contribution in [0.4, 0.5) is 0 Å². The number of rotatable bonds is 5. The van der Waals surface area contributed by atoms with Gasteiger partial charge in [-0.15, -0.1) is 11.3 Å². The Morgan fingerprint density at radius 3 is 2.73 bits per heavy atom. The molecule has 154 valence electrons. The van der Waals surface area contributed by atoms with E-state index in [2.05, 4.69) is 17.4 Å². The predicted octanol–water partition coefficient (Wildman–Crippen LogP) is 5.19. The number of benzene rings is 2. The Kier molecular flexibility index (Phi) is 5.59. The Hall–Kier alpha value is -3.12. The number of ether oxygens (including phenoxy) is 2. The lowest BCUT2D eigenvalue weighted by atomic mass is 9.94. The second-order valence-electron chi connectivity index (χ2n) is 7.38. The smallest absolute Gasteiger partial charge is 0.252 e. The van der Waals surface area contributed by atoms with Crippen LogP contribution < -0.4 is 14.8 Å². The van der Waals surface area contributed by atoms with Gasteiger partial charge in [-0.25, -0.2) is 0 Å². The highest BCUT2D eigenvalue weighted by Crippen LogP contribution is 2.38. The molecule has 1 amide bonds. The van der Waals surface area contributed by atoms with Gasteiger partial charge in [0.2, 0.25) is 0 Å². The van der Waals surface area contributed by atoms with Crippen molar-refractivity contribution in [1.29, 1.82) is 0 Å². The predicted molar refractivity (Wildman–Crippen MR) is 118 cm³/mol. The van der Waals surface area contributed by atoms with E-state index in [1.54, 1.807) is 18.6 Å². The van der Waals surface area contributed by atoms with Gasteiger partial charge in [-0.1, -0.05) is 17.7 Å². The van der Waals surface area contributed by atoms with E-state index in [0.717, 1.165) is 33.8 Å². The molecular formula is C24H23NO4S. The number of carbonyl (C=O) groups excluding carboxylic acids is 2. The first kappa shape index (κ1) is 20.2. The number of thiophene rings is 1. The Labute approximate surface area is 179 Å². The number of nitrogens with one attached hydrogen (secondary N) is 1. The number of hydrogen-bond donors (Lipinski definition) is 1. The van der Waals surface area contributed by atoms with Crippen LogP contribution in [0.15, 0.2) is 47.8 Å². The summed E-state index contributed by atoms with van der Waals surface area (Å²) in [6.45, 7) is 4.08. The molecule has 30 heavy (non-hydrogen) atoms. The van der Waals surface area contributed by atoms with E-state index < -0.39 is 0 Å². The van der Waals surface area contributed by atoms with Crippen molar-refractivity contribution in [3.63, 3.8) is 0 Å². The molecule has 0 bridgehead atoms. The summed E-state index contributed by atoms with van der Waals surface area (Å²) in [4.78, 5) is 24.9. The van der Waals surface area contributed by atoms with E-state index in [-0.39, 0.29) is 17.7 Å². The summed E-state index contributed by atoms with van der Waals surface area (Å²) >= 11 is 1.29.